The summed E-state index contributed by atoms with van der Waals surface area (Å²) in [7, 11) is -1.99. The maximum atomic E-state index is 12.0. The van der Waals surface area contributed by atoms with E-state index in [1.807, 2.05) is 0 Å². The van der Waals surface area contributed by atoms with Gasteiger partial charge in [-0.1, -0.05) is 0 Å². The number of carbonyl (C=O) groups is 2. The fraction of sp³-hybridized carbons (Fsp3) is 0.833. The molecule has 1 amide bonds. The lowest BCUT2D eigenvalue weighted by molar-refractivity contribution is -0.142. The van der Waals surface area contributed by atoms with Crippen LogP contribution in [0.2, 0.25) is 0 Å². The molecule has 7 heteroatoms. The van der Waals surface area contributed by atoms with Crippen LogP contribution in [0.15, 0.2) is 0 Å². The highest BCUT2D eigenvalue weighted by Crippen LogP contribution is 2.21. The molecule has 0 spiro atoms. The molecule has 1 rings (SSSR count). The first-order valence-corrected chi connectivity index (χ1v) is 8.43. The van der Waals surface area contributed by atoms with Crippen molar-refractivity contribution < 1.29 is 22.7 Å². The highest BCUT2D eigenvalue weighted by atomic mass is 32.2. The molecule has 1 atom stereocenters. The summed E-state index contributed by atoms with van der Waals surface area (Å²) in [6.07, 6.45) is 4.52. The van der Waals surface area contributed by atoms with Gasteiger partial charge in [0, 0.05) is 25.3 Å². The predicted octanol–water partition coefficient (Wildman–Crippen LogP) is 0.365. The Morgan fingerprint density at radius 3 is 2.58 bits per heavy atom. The third kappa shape index (κ3) is 5.59. The quantitative estimate of drug-likeness (QED) is 0.683. The summed E-state index contributed by atoms with van der Waals surface area (Å²) in [5, 5.41) is 0. The molecule has 1 fully saturated rings. The average Bonchev–Trinajstić information content (AvgIpc) is 2.34. The van der Waals surface area contributed by atoms with Gasteiger partial charge in [-0.3, -0.25) is 9.59 Å². The number of piperidine rings is 1. The number of likely N-dealkylation sites (tertiary alicyclic amines) is 1. The smallest absolute Gasteiger partial charge is 0.305 e. The number of esters is 1. The van der Waals surface area contributed by atoms with Gasteiger partial charge >= 0.3 is 5.97 Å². The number of sulfone groups is 1. The molecule has 0 bridgehead atoms. The molecule has 1 aliphatic rings. The standard InChI is InChI=1S/C12H21NO5S/c1-18-12(15)7-6-10-5-3-4-8-13(10)11(14)9-19(2,16)17/h10H,3-9H2,1-2H3/t10-/m0/s1. The van der Waals surface area contributed by atoms with Crippen LogP contribution in [-0.4, -0.2) is 56.9 Å². The topological polar surface area (TPSA) is 80.8 Å². The lowest BCUT2D eigenvalue weighted by Gasteiger charge is -2.35. The van der Waals surface area contributed by atoms with Gasteiger partial charge in [-0.05, 0) is 25.7 Å². The normalized spacial score (nSPS) is 20.1. The van der Waals surface area contributed by atoms with Crippen LogP contribution in [0, 0.1) is 0 Å². The van der Waals surface area contributed by atoms with E-state index < -0.39 is 15.6 Å². The van der Waals surface area contributed by atoms with Crippen LogP contribution in [0.5, 0.6) is 0 Å². The van der Waals surface area contributed by atoms with Gasteiger partial charge in [-0.15, -0.1) is 0 Å². The van der Waals surface area contributed by atoms with Crippen LogP contribution in [0.25, 0.3) is 0 Å². The van der Waals surface area contributed by atoms with E-state index in [4.69, 9.17) is 0 Å². The van der Waals surface area contributed by atoms with Gasteiger partial charge in [0.1, 0.15) is 5.75 Å². The van der Waals surface area contributed by atoms with Gasteiger partial charge in [0.25, 0.3) is 0 Å². The number of rotatable bonds is 5. The summed E-state index contributed by atoms with van der Waals surface area (Å²) >= 11 is 0. The summed E-state index contributed by atoms with van der Waals surface area (Å²) < 4.78 is 26.9. The molecule has 0 aromatic heterocycles. The molecule has 19 heavy (non-hydrogen) atoms. The zero-order valence-electron chi connectivity index (χ0n) is 11.4. The van der Waals surface area contributed by atoms with E-state index in [2.05, 4.69) is 4.74 Å². The Kier molecular flexibility index (Phi) is 5.78. The Hall–Kier alpha value is -1.11. The largest absolute Gasteiger partial charge is 0.469 e. The molecule has 6 nitrogen and oxygen atoms in total. The Morgan fingerprint density at radius 2 is 2.00 bits per heavy atom. The van der Waals surface area contributed by atoms with Crippen LogP contribution in [-0.2, 0) is 24.2 Å². The van der Waals surface area contributed by atoms with E-state index in [9.17, 15) is 18.0 Å². The Morgan fingerprint density at radius 1 is 1.32 bits per heavy atom. The van der Waals surface area contributed by atoms with Gasteiger partial charge in [0.2, 0.25) is 5.91 Å². The Labute approximate surface area is 114 Å². The minimum atomic E-state index is -3.31. The van der Waals surface area contributed by atoms with Crippen LogP contribution < -0.4 is 0 Å². The first-order chi connectivity index (χ1) is 8.83. The Balaban J connectivity index is 2.61. The number of carbonyl (C=O) groups excluding carboxylic acids is 2. The Bertz CT molecular complexity index is 431. The van der Waals surface area contributed by atoms with Crippen molar-refractivity contribution in [2.24, 2.45) is 0 Å². The second-order valence-electron chi connectivity index (χ2n) is 4.92. The van der Waals surface area contributed by atoms with Crippen LogP contribution in [0.3, 0.4) is 0 Å². The molecule has 1 saturated heterocycles. The van der Waals surface area contributed by atoms with E-state index in [0.29, 0.717) is 13.0 Å². The first kappa shape index (κ1) is 15.9. The van der Waals surface area contributed by atoms with E-state index in [-0.39, 0.29) is 24.3 Å². The maximum absolute atomic E-state index is 12.0. The van der Waals surface area contributed by atoms with Gasteiger partial charge in [-0.25, -0.2) is 8.42 Å². The van der Waals surface area contributed by atoms with Crippen molar-refractivity contribution in [2.75, 3.05) is 25.7 Å². The van der Waals surface area contributed by atoms with Gasteiger partial charge in [0.05, 0.1) is 7.11 Å². The van der Waals surface area contributed by atoms with Crippen molar-refractivity contribution in [3.05, 3.63) is 0 Å². The van der Waals surface area contributed by atoms with Crippen LogP contribution in [0.4, 0.5) is 0 Å². The molecule has 0 aromatic rings. The number of hydrogen-bond acceptors (Lipinski definition) is 5. The SMILES string of the molecule is COC(=O)CC[C@@H]1CCCCN1C(=O)CS(C)(=O)=O. The highest BCUT2D eigenvalue weighted by molar-refractivity contribution is 7.91. The number of hydrogen-bond donors (Lipinski definition) is 0. The predicted molar refractivity (Wildman–Crippen MR) is 70.3 cm³/mol. The first-order valence-electron chi connectivity index (χ1n) is 6.37. The molecule has 0 radical (unpaired) electrons. The molecule has 0 unspecified atom stereocenters. The molecule has 0 saturated carbocycles. The number of nitrogens with zero attached hydrogens (tertiary/aromatic N) is 1. The van der Waals surface area contributed by atoms with E-state index in [0.717, 1.165) is 25.5 Å². The van der Waals surface area contributed by atoms with Crippen molar-refractivity contribution in [1.82, 2.24) is 4.90 Å². The van der Waals surface area contributed by atoms with E-state index >= 15 is 0 Å². The second-order valence-corrected chi connectivity index (χ2v) is 7.06. The minimum absolute atomic E-state index is 0.0536. The number of ether oxygens (including phenoxy) is 1. The maximum Gasteiger partial charge on any atom is 0.305 e. The fourth-order valence-corrected chi connectivity index (χ4v) is 2.94. The zero-order valence-corrected chi connectivity index (χ0v) is 12.2. The van der Waals surface area contributed by atoms with Crippen molar-refractivity contribution in [1.29, 1.82) is 0 Å². The third-order valence-corrected chi connectivity index (χ3v) is 4.01. The molecule has 1 aliphatic heterocycles. The lowest BCUT2D eigenvalue weighted by Crippen LogP contribution is -2.46. The van der Waals surface area contributed by atoms with Crippen molar-refractivity contribution in [3.63, 3.8) is 0 Å². The van der Waals surface area contributed by atoms with Gasteiger partial charge in [-0.2, -0.15) is 0 Å². The molecule has 110 valence electrons. The monoisotopic (exact) mass is 291 g/mol. The molecule has 0 aromatic carbocycles. The highest BCUT2D eigenvalue weighted by Gasteiger charge is 2.28. The summed E-state index contributed by atoms with van der Waals surface area (Å²) in [6, 6.07) is -0.0536. The number of amides is 1. The van der Waals surface area contributed by atoms with Crippen molar-refractivity contribution >= 4 is 21.7 Å². The van der Waals surface area contributed by atoms with Crippen LogP contribution in [0.1, 0.15) is 32.1 Å². The van der Waals surface area contributed by atoms with Crippen LogP contribution >= 0.6 is 0 Å². The summed E-state index contributed by atoms with van der Waals surface area (Å²) in [5.41, 5.74) is 0. The molecular formula is C12H21NO5S. The zero-order chi connectivity index (χ0) is 14.5. The summed E-state index contributed by atoms with van der Waals surface area (Å²) in [4.78, 5) is 24.7. The summed E-state index contributed by atoms with van der Waals surface area (Å²) in [6.45, 7) is 0.570. The summed E-state index contributed by atoms with van der Waals surface area (Å²) in [5.74, 6) is -1.13. The lowest BCUT2D eigenvalue weighted by atomic mass is 9.98. The van der Waals surface area contributed by atoms with Gasteiger partial charge < -0.3 is 9.64 Å². The third-order valence-electron chi connectivity index (χ3n) is 3.24. The molecule has 1 heterocycles. The van der Waals surface area contributed by atoms with E-state index in [1.54, 1.807) is 4.90 Å². The molecule has 0 aliphatic carbocycles. The number of methoxy groups -OCH3 is 1. The minimum Gasteiger partial charge on any atom is -0.469 e. The van der Waals surface area contributed by atoms with Crippen molar-refractivity contribution in [3.8, 4) is 0 Å². The van der Waals surface area contributed by atoms with Crippen molar-refractivity contribution in [2.45, 2.75) is 38.1 Å². The average molecular weight is 291 g/mol. The molecular weight excluding hydrogens is 270 g/mol. The van der Waals surface area contributed by atoms with E-state index in [1.165, 1.54) is 7.11 Å². The molecule has 0 N–H and O–H groups in total. The fourth-order valence-electron chi connectivity index (χ4n) is 2.32. The second kappa shape index (κ2) is 6.88. The van der Waals surface area contributed by atoms with Gasteiger partial charge in [0.15, 0.2) is 9.84 Å².